The molecule has 0 saturated carbocycles. The van der Waals surface area contributed by atoms with E-state index in [9.17, 15) is 13.2 Å². The van der Waals surface area contributed by atoms with Gasteiger partial charge in [0.15, 0.2) is 0 Å². The standard InChI is InChI=1S/C17H26N2O4S/c1-4-24(21,22)19-11-7-9-15(13-19)17(20)18(2)12-14-8-5-6-10-16(14)23-3/h5-6,8,10,15H,4,7,9,11-13H2,1-3H3/t15-/m1/s1. The van der Waals surface area contributed by atoms with E-state index in [1.807, 2.05) is 24.3 Å². The number of hydrogen-bond acceptors (Lipinski definition) is 4. The zero-order valence-electron chi connectivity index (χ0n) is 14.6. The molecule has 1 fully saturated rings. The van der Waals surface area contributed by atoms with Gasteiger partial charge in [-0.3, -0.25) is 4.79 Å². The second-order valence-corrected chi connectivity index (χ2v) is 8.36. The number of ether oxygens (including phenoxy) is 1. The first-order valence-corrected chi connectivity index (χ1v) is 9.84. The topological polar surface area (TPSA) is 66.9 Å². The summed E-state index contributed by atoms with van der Waals surface area (Å²) in [4.78, 5) is 14.4. The van der Waals surface area contributed by atoms with Gasteiger partial charge in [0.2, 0.25) is 15.9 Å². The number of piperidine rings is 1. The normalized spacial score (nSPS) is 19.0. The minimum Gasteiger partial charge on any atom is -0.496 e. The molecule has 0 bridgehead atoms. The maximum atomic E-state index is 12.7. The van der Waals surface area contributed by atoms with Crippen molar-refractivity contribution in [3.63, 3.8) is 0 Å². The Morgan fingerprint density at radius 3 is 2.75 bits per heavy atom. The van der Waals surface area contributed by atoms with Crippen molar-refractivity contribution < 1.29 is 17.9 Å². The summed E-state index contributed by atoms with van der Waals surface area (Å²) in [6.07, 6.45) is 1.45. The Hall–Kier alpha value is -1.60. The fraction of sp³-hybridized carbons (Fsp3) is 0.588. The van der Waals surface area contributed by atoms with Gasteiger partial charge in [-0.25, -0.2) is 12.7 Å². The molecule has 1 heterocycles. The maximum absolute atomic E-state index is 12.7. The highest BCUT2D eigenvalue weighted by Gasteiger charge is 2.32. The zero-order chi connectivity index (χ0) is 17.7. The van der Waals surface area contributed by atoms with Crippen molar-refractivity contribution in [1.29, 1.82) is 0 Å². The van der Waals surface area contributed by atoms with Gasteiger partial charge in [0.05, 0.1) is 18.8 Å². The van der Waals surface area contributed by atoms with Crippen molar-refractivity contribution in [3.8, 4) is 5.75 Å². The highest BCUT2D eigenvalue weighted by molar-refractivity contribution is 7.89. The van der Waals surface area contributed by atoms with E-state index in [0.717, 1.165) is 24.2 Å². The van der Waals surface area contributed by atoms with Gasteiger partial charge in [0.1, 0.15) is 5.75 Å². The van der Waals surface area contributed by atoms with Gasteiger partial charge < -0.3 is 9.64 Å². The van der Waals surface area contributed by atoms with E-state index in [4.69, 9.17) is 4.74 Å². The summed E-state index contributed by atoms with van der Waals surface area (Å²) in [5, 5.41) is 0. The summed E-state index contributed by atoms with van der Waals surface area (Å²) in [7, 11) is 0.118. The Bertz CT molecular complexity index is 675. The highest BCUT2D eigenvalue weighted by atomic mass is 32.2. The molecule has 1 amide bonds. The highest BCUT2D eigenvalue weighted by Crippen LogP contribution is 2.23. The van der Waals surface area contributed by atoms with Gasteiger partial charge in [-0.05, 0) is 25.8 Å². The number of rotatable bonds is 6. The van der Waals surface area contributed by atoms with Gasteiger partial charge in [-0.1, -0.05) is 18.2 Å². The van der Waals surface area contributed by atoms with E-state index in [-0.39, 0.29) is 24.1 Å². The molecule has 0 spiro atoms. The van der Waals surface area contributed by atoms with Crippen LogP contribution in [0.1, 0.15) is 25.3 Å². The Kier molecular flexibility index (Phi) is 6.23. The quantitative estimate of drug-likeness (QED) is 0.780. The van der Waals surface area contributed by atoms with Crippen LogP contribution in [0.15, 0.2) is 24.3 Å². The summed E-state index contributed by atoms with van der Waals surface area (Å²) in [6.45, 7) is 2.87. The molecule has 7 heteroatoms. The lowest BCUT2D eigenvalue weighted by Crippen LogP contribution is -2.46. The molecule has 1 aromatic rings. The van der Waals surface area contributed by atoms with E-state index in [2.05, 4.69) is 0 Å². The molecule has 0 N–H and O–H groups in total. The first-order chi connectivity index (χ1) is 11.4. The van der Waals surface area contributed by atoms with E-state index in [1.165, 1.54) is 4.31 Å². The number of benzene rings is 1. The number of amides is 1. The van der Waals surface area contributed by atoms with Crippen LogP contribution in [-0.2, 0) is 21.4 Å². The molecule has 6 nitrogen and oxygen atoms in total. The third-order valence-electron chi connectivity index (χ3n) is 4.47. The Balaban J connectivity index is 2.05. The summed E-state index contributed by atoms with van der Waals surface area (Å²) in [5.74, 6) is 0.526. The fourth-order valence-corrected chi connectivity index (χ4v) is 4.24. The SMILES string of the molecule is CCS(=O)(=O)N1CCC[C@@H](C(=O)N(C)Cc2ccccc2OC)C1. The van der Waals surface area contributed by atoms with Crippen LogP contribution in [0.25, 0.3) is 0 Å². The third kappa shape index (κ3) is 4.27. The van der Waals surface area contributed by atoms with E-state index < -0.39 is 10.0 Å². The van der Waals surface area contributed by atoms with Crippen LogP contribution < -0.4 is 4.74 Å². The molecule has 0 unspecified atom stereocenters. The molecule has 0 aliphatic carbocycles. The fourth-order valence-electron chi connectivity index (χ4n) is 3.06. The molecular weight excluding hydrogens is 328 g/mol. The van der Waals surface area contributed by atoms with Gasteiger partial charge in [0, 0.05) is 32.2 Å². The second kappa shape index (κ2) is 7.98. The maximum Gasteiger partial charge on any atom is 0.227 e. The minimum absolute atomic E-state index is 0.0168. The third-order valence-corrected chi connectivity index (χ3v) is 6.32. The lowest BCUT2D eigenvalue weighted by molar-refractivity contribution is -0.135. The number of carbonyl (C=O) groups excluding carboxylic acids is 1. The van der Waals surface area contributed by atoms with Crippen molar-refractivity contribution in [1.82, 2.24) is 9.21 Å². The van der Waals surface area contributed by atoms with E-state index >= 15 is 0 Å². The summed E-state index contributed by atoms with van der Waals surface area (Å²) in [6, 6.07) is 7.59. The van der Waals surface area contributed by atoms with Crippen LogP contribution in [0, 0.1) is 5.92 Å². The van der Waals surface area contributed by atoms with Gasteiger partial charge in [-0.15, -0.1) is 0 Å². The molecule has 24 heavy (non-hydrogen) atoms. The van der Waals surface area contributed by atoms with Crippen molar-refractivity contribution >= 4 is 15.9 Å². The van der Waals surface area contributed by atoms with Crippen molar-refractivity contribution in [2.45, 2.75) is 26.3 Å². The molecule has 0 aromatic heterocycles. The van der Waals surface area contributed by atoms with Crippen LogP contribution >= 0.6 is 0 Å². The monoisotopic (exact) mass is 354 g/mol. The molecule has 1 saturated heterocycles. The summed E-state index contributed by atoms with van der Waals surface area (Å²) in [5.41, 5.74) is 0.935. The Morgan fingerprint density at radius 1 is 1.38 bits per heavy atom. The molecule has 1 aliphatic heterocycles. The predicted molar refractivity (Wildman–Crippen MR) is 93.2 cm³/mol. The summed E-state index contributed by atoms with van der Waals surface area (Å²) >= 11 is 0. The Labute approximate surface area is 144 Å². The molecule has 2 rings (SSSR count). The molecule has 1 aliphatic rings. The molecule has 1 aromatic carbocycles. The van der Waals surface area contributed by atoms with E-state index in [0.29, 0.717) is 13.1 Å². The average Bonchev–Trinajstić information content (AvgIpc) is 2.61. The zero-order valence-corrected chi connectivity index (χ0v) is 15.4. The molecule has 134 valence electrons. The number of sulfonamides is 1. The Morgan fingerprint density at radius 2 is 2.08 bits per heavy atom. The van der Waals surface area contributed by atoms with Crippen LogP contribution in [-0.4, -0.2) is 56.5 Å². The minimum atomic E-state index is -3.24. The van der Waals surface area contributed by atoms with Crippen molar-refractivity contribution in [2.75, 3.05) is 33.0 Å². The number of para-hydroxylation sites is 1. The molecular formula is C17H26N2O4S. The summed E-state index contributed by atoms with van der Waals surface area (Å²) < 4.78 is 30.9. The smallest absolute Gasteiger partial charge is 0.227 e. The predicted octanol–water partition coefficient (Wildman–Crippen LogP) is 1.72. The van der Waals surface area contributed by atoms with Crippen LogP contribution in [0.2, 0.25) is 0 Å². The largest absolute Gasteiger partial charge is 0.496 e. The van der Waals surface area contributed by atoms with Crippen LogP contribution in [0.5, 0.6) is 5.75 Å². The second-order valence-electron chi connectivity index (χ2n) is 6.10. The van der Waals surface area contributed by atoms with Crippen molar-refractivity contribution in [3.05, 3.63) is 29.8 Å². The van der Waals surface area contributed by atoms with Gasteiger partial charge >= 0.3 is 0 Å². The lowest BCUT2D eigenvalue weighted by Gasteiger charge is -2.33. The van der Waals surface area contributed by atoms with Crippen LogP contribution in [0.3, 0.4) is 0 Å². The number of hydrogen-bond donors (Lipinski definition) is 0. The van der Waals surface area contributed by atoms with Gasteiger partial charge in [-0.2, -0.15) is 0 Å². The average molecular weight is 354 g/mol. The van der Waals surface area contributed by atoms with Gasteiger partial charge in [0.25, 0.3) is 0 Å². The molecule has 0 radical (unpaired) electrons. The van der Waals surface area contributed by atoms with Crippen LogP contribution in [0.4, 0.5) is 0 Å². The lowest BCUT2D eigenvalue weighted by atomic mass is 9.98. The van der Waals surface area contributed by atoms with E-state index in [1.54, 1.807) is 26.0 Å². The van der Waals surface area contributed by atoms with Crippen molar-refractivity contribution in [2.24, 2.45) is 5.92 Å². The molecule has 1 atom stereocenters. The number of carbonyl (C=O) groups is 1. The first-order valence-electron chi connectivity index (χ1n) is 8.23. The first kappa shape index (κ1) is 18.7. The number of nitrogens with zero attached hydrogens (tertiary/aromatic N) is 2. The number of methoxy groups -OCH3 is 1.